The van der Waals surface area contributed by atoms with E-state index >= 15 is 0 Å². The highest BCUT2D eigenvalue weighted by atomic mass is 28.4. The first-order valence-electron chi connectivity index (χ1n) is 24.8. The molecule has 20 nitrogen and oxygen atoms in total. The van der Waals surface area contributed by atoms with Gasteiger partial charge in [-0.25, -0.2) is 9.97 Å². The largest absolute Gasteiger partial charge is 0.471 e. The fourth-order valence-electron chi connectivity index (χ4n) is 10.5. The van der Waals surface area contributed by atoms with Gasteiger partial charge in [0.25, 0.3) is 0 Å². The Bertz CT molecular complexity index is 3120. The summed E-state index contributed by atoms with van der Waals surface area (Å²) in [4.78, 5) is 37.4. The number of hydrogen-bond donors (Lipinski definition) is 8. The van der Waals surface area contributed by atoms with Crippen molar-refractivity contribution in [3.63, 3.8) is 0 Å². The summed E-state index contributed by atoms with van der Waals surface area (Å²) in [5.41, 5.74) is 13.9. The van der Waals surface area contributed by atoms with Crippen LogP contribution in [0.3, 0.4) is 0 Å². The van der Waals surface area contributed by atoms with Crippen LogP contribution in [-0.4, -0.2) is 121 Å². The number of ether oxygens (including phenoxy) is 4. The molecule has 0 saturated heterocycles. The topological polar surface area (TPSA) is 298 Å². The van der Waals surface area contributed by atoms with E-state index in [1.165, 1.54) is 6.33 Å². The van der Waals surface area contributed by atoms with Gasteiger partial charge in [0.05, 0.1) is 70.5 Å². The molecule has 1 unspecified atom stereocenters. The Hall–Kier alpha value is -6.92. The lowest BCUT2D eigenvalue weighted by Gasteiger charge is -2.36. The zero-order valence-electron chi connectivity index (χ0n) is 41.8. The Kier molecular flexibility index (Phi) is 16.2. The molecule has 10 rings (SSSR count). The van der Waals surface area contributed by atoms with Gasteiger partial charge in [0.2, 0.25) is 23.7 Å². The molecule has 2 aliphatic rings. The molecule has 0 bridgehead atoms. The standard InChI is InChI=1S/C28H35N5O5Si.C26H29N5O5/c1-39(2,36)22-13-23(28(35,17-34)21(22)16-37-14-19-9-5-3-6-10-19)33-18-30-24-25(33)31-27(29)32-26(24)38-15-20-11-7-4-8-12-20;27-25-29-23-22(24(30-25)36-13-18-9-5-2-6-10-18)28-16-31(23)21-11-20(33)19(26(21,34)15-32)14-35-12-17-7-3-1-4-8-17/h3-12,18,21-23,34-36H,13-17H2,1-2H3,(H2,29,31,32);1-10,16,19-21,32-34H,11-15H2,(H2,27,29,30)/t21-,22?,23+,28+;19-,20+,21+,26+/m11/s1. The Balaban J connectivity index is 0.000000184. The van der Waals surface area contributed by atoms with E-state index in [9.17, 15) is 30.3 Å². The van der Waals surface area contributed by atoms with Crippen LogP contribution in [0, 0.1) is 11.8 Å². The van der Waals surface area contributed by atoms with Crippen LogP contribution in [0.2, 0.25) is 18.6 Å². The molecule has 0 spiro atoms. The summed E-state index contributed by atoms with van der Waals surface area (Å²) < 4.78 is 27.1. The molecule has 0 amide bonds. The molecule has 21 heteroatoms. The summed E-state index contributed by atoms with van der Waals surface area (Å²) in [5.74, 6) is -0.777. The van der Waals surface area contributed by atoms with Crippen LogP contribution in [0.25, 0.3) is 22.3 Å². The fraction of sp³-hybridized carbons (Fsp3) is 0.370. The predicted molar refractivity (Wildman–Crippen MR) is 281 cm³/mol. The third kappa shape index (κ3) is 11.5. The monoisotopic (exact) mass is 1040 g/mol. The Morgan fingerprint density at radius 3 is 1.33 bits per heavy atom. The maximum Gasteiger partial charge on any atom is 0.247 e. The first-order chi connectivity index (χ1) is 36.2. The van der Waals surface area contributed by atoms with Crippen LogP contribution in [0.5, 0.6) is 11.8 Å². The molecule has 8 atom stereocenters. The van der Waals surface area contributed by atoms with Gasteiger partial charge >= 0.3 is 0 Å². The quantitative estimate of drug-likeness (QED) is 0.0499. The highest BCUT2D eigenvalue weighted by molar-refractivity contribution is 6.71. The minimum absolute atomic E-state index is 0.00834. The lowest BCUT2D eigenvalue weighted by molar-refractivity contribution is -0.109. The van der Waals surface area contributed by atoms with Crippen molar-refractivity contribution in [2.45, 2.75) is 87.3 Å². The first kappa shape index (κ1) is 52.9. The highest BCUT2D eigenvalue weighted by Gasteiger charge is 2.59. The van der Waals surface area contributed by atoms with Crippen LogP contribution in [0.1, 0.15) is 47.2 Å². The van der Waals surface area contributed by atoms with Crippen LogP contribution < -0.4 is 20.9 Å². The highest BCUT2D eigenvalue weighted by Crippen LogP contribution is 2.55. The van der Waals surface area contributed by atoms with Crippen molar-refractivity contribution in [3.8, 4) is 11.8 Å². The average Bonchev–Trinajstić information content (AvgIpc) is 4.19. The summed E-state index contributed by atoms with van der Waals surface area (Å²) >= 11 is 0. The molecule has 4 aromatic carbocycles. The van der Waals surface area contributed by atoms with Gasteiger partial charge in [-0.2, -0.15) is 19.9 Å². The SMILES string of the molecule is C[Si](C)(O)C1C[C@H](n2cnc3c(OCc4ccccc4)nc(N)nc32)[C@](O)(CO)[C@@H]1COCc1ccccc1.Nc1nc(OCc2ccccc2)c2ncn([C@H]3C[C@H](O)[C@@H](COCc4ccccc4)[C@@]3(O)CO)c2n1. The number of hydrogen-bond acceptors (Lipinski definition) is 18. The molecule has 0 aliphatic heterocycles. The van der Waals surface area contributed by atoms with Crippen molar-refractivity contribution in [1.29, 1.82) is 0 Å². The summed E-state index contributed by atoms with van der Waals surface area (Å²) in [6, 6.07) is 37.3. The van der Waals surface area contributed by atoms with E-state index in [0.717, 1.165) is 22.3 Å². The number of fused-ring (bicyclic) bond motifs is 2. The second-order valence-corrected chi connectivity index (χ2v) is 23.9. The van der Waals surface area contributed by atoms with Crippen molar-refractivity contribution in [3.05, 3.63) is 156 Å². The lowest BCUT2D eigenvalue weighted by atomic mass is 9.88. The Labute approximate surface area is 434 Å². The van der Waals surface area contributed by atoms with Gasteiger partial charge < -0.3 is 69.9 Å². The second kappa shape index (κ2) is 22.9. The van der Waals surface area contributed by atoms with Gasteiger partial charge in [0, 0.05) is 11.8 Å². The molecule has 2 saturated carbocycles. The summed E-state index contributed by atoms with van der Waals surface area (Å²) in [5, 5.41) is 55.2. The molecule has 2 fully saturated rings. The maximum absolute atomic E-state index is 12.0. The number of aliphatic hydroxyl groups excluding tert-OH is 3. The van der Waals surface area contributed by atoms with Crippen LogP contribution in [-0.2, 0) is 35.9 Å². The van der Waals surface area contributed by atoms with E-state index in [1.807, 2.05) is 134 Å². The van der Waals surface area contributed by atoms with E-state index in [-0.39, 0.29) is 62.0 Å². The predicted octanol–water partition coefficient (Wildman–Crippen LogP) is 4.91. The van der Waals surface area contributed by atoms with E-state index in [2.05, 4.69) is 29.9 Å². The number of benzene rings is 4. The number of anilines is 2. The molecule has 75 heavy (non-hydrogen) atoms. The van der Waals surface area contributed by atoms with Gasteiger partial charge in [-0.3, -0.25) is 0 Å². The first-order valence-corrected chi connectivity index (χ1v) is 27.9. The van der Waals surface area contributed by atoms with Gasteiger partial charge in [-0.1, -0.05) is 121 Å². The number of nitrogens with two attached hydrogens (primary N) is 2. The van der Waals surface area contributed by atoms with E-state index in [1.54, 1.807) is 15.5 Å². The van der Waals surface area contributed by atoms with Gasteiger partial charge in [-0.15, -0.1) is 0 Å². The number of aliphatic hydroxyl groups is 5. The molecule has 2 aliphatic carbocycles. The smallest absolute Gasteiger partial charge is 0.247 e. The zero-order valence-corrected chi connectivity index (χ0v) is 42.8. The van der Waals surface area contributed by atoms with E-state index < -0.39 is 62.8 Å². The van der Waals surface area contributed by atoms with E-state index in [4.69, 9.17) is 30.4 Å². The molecule has 10 N–H and O–H groups in total. The van der Waals surface area contributed by atoms with Gasteiger partial charge in [-0.05, 0) is 53.7 Å². The maximum atomic E-state index is 12.0. The molecule has 8 aromatic rings. The minimum Gasteiger partial charge on any atom is -0.471 e. The normalized spacial score (nSPS) is 23.6. The lowest BCUT2D eigenvalue weighted by Crippen LogP contribution is -2.49. The number of nitrogens with zero attached hydrogens (tertiary/aromatic N) is 8. The van der Waals surface area contributed by atoms with Crippen molar-refractivity contribution in [2.75, 3.05) is 37.9 Å². The summed E-state index contributed by atoms with van der Waals surface area (Å²) in [6.45, 7) is 4.09. The van der Waals surface area contributed by atoms with Crippen molar-refractivity contribution in [1.82, 2.24) is 39.0 Å². The number of nitrogen functional groups attached to an aromatic ring is 2. The summed E-state index contributed by atoms with van der Waals surface area (Å²) in [7, 11) is -2.78. The minimum atomic E-state index is -2.78. The molecular weight excluding hydrogens is 977 g/mol. The second-order valence-electron chi connectivity index (χ2n) is 19.8. The number of imidazole rings is 2. The molecule has 4 heterocycles. The van der Waals surface area contributed by atoms with Gasteiger partial charge in [0.15, 0.2) is 30.6 Å². The average molecular weight is 1040 g/mol. The fourth-order valence-corrected chi connectivity index (χ4v) is 12.7. The third-order valence-corrected chi connectivity index (χ3v) is 16.9. The van der Waals surface area contributed by atoms with Crippen molar-refractivity contribution in [2.24, 2.45) is 11.8 Å². The zero-order chi connectivity index (χ0) is 52.7. The number of rotatable bonds is 19. The molecular formula is C54H64N10O10Si. The van der Waals surface area contributed by atoms with Crippen LogP contribution in [0.15, 0.2) is 134 Å². The molecule has 0 radical (unpaired) electrons. The molecule has 394 valence electrons. The molecule has 4 aromatic heterocycles. The Morgan fingerprint density at radius 2 is 0.933 bits per heavy atom. The van der Waals surface area contributed by atoms with Crippen LogP contribution >= 0.6 is 0 Å². The van der Waals surface area contributed by atoms with E-state index in [0.29, 0.717) is 42.0 Å². The van der Waals surface area contributed by atoms with Gasteiger partial charge in [0.1, 0.15) is 24.4 Å². The van der Waals surface area contributed by atoms with Crippen molar-refractivity contribution >= 4 is 42.5 Å². The Morgan fingerprint density at radius 1 is 0.560 bits per heavy atom. The van der Waals surface area contributed by atoms with Crippen molar-refractivity contribution < 1.29 is 49.3 Å². The van der Waals surface area contributed by atoms with Crippen LogP contribution in [0.4, 0.5) is 11.9 Å². The third-order valence-electron chi connectivity index (χ3n) is 14.5. The number of aromatic nitrogens is 8. The summed E-state index contributed by atoms with van der Waals surface area (Å²) in [6.07, 6.45) is 2.75.